The number of aryl methyl sites for hydroxylation is 1. The van der Waals surface area contributed by atoms with Crippen molar-refractivity contribution < 1.29 is 28.9 Å². The van der Waals surface area contributed by atoms with Gasteiger partial charge in [-0.15, -0.1) is 10.2 Å². The summed E-state index contributed by atoms with van der Waals surface area (Å²) >= 11 is 1.56. The molecule has 2 amide bonds. The first-order chi connectivity index (χ1) is 18.9. The number of amides is 2. The molecular weight excluding hydrogens is 522 g/mol. The van der Waals surface area contributed by atoms with E-state index in [1.54, 1.807) is 43.2 Å². The SMILES string of the molecule is CCOC(=O)CNC(=O)Nc1cccc([C@@H]2O[C@H](CSc3nncn3C)[C@H](C)[C@H](c3ccc(CO)cc3)O2)c1. The summed E-state index contributed by atoms with van der Waals surface area (Å²) in [5.41, 5.74) is 3.06. The van der Waals surface area contributed by atoms with Crippen LogP contribution in [0.3, 0.4) is 0 Å². The predicted molar refractivity (Wildman–Crippen MR) is 145 cm³/mol. The summed E-state index contributed by atoms with van der Waals surface area (Å²) in [6.45, 7) is 3.78. The minimum atomic E-state index is -0.696. The number of benzene rings is 2. The molecule has 3 aromatic rings. The van der Waals surface area contributed by atoms with Crippen molar-refractivity contribution in [3.8, 4) is 0 Å². The van der Waals surface area contributed by atoms with Gasteiger partial charge in [0.2, 0.25) is 0 Å². The number of hydrogen-bond donors (Lipinski definition) is 3. The smallest absolute Gasteiger partial charge is 0.325 e. The maximum Gasteiger partial charge on any atom is 0.325 e. The molecule has 208 valence electrons. The van der Waals surface area contributed by atoms with Crippen LogP contribution in [0.1, 0.15) is 42.9 Å². The van der Waals surface area contributed by atoms with Crippen LogP contribution in [0.4, 0.5) is 10.5 Å². The van der Waals surface area contributed by atoms with E-state index in [4.69, 9.17) is 14.2 Å². The molecule has 3 N–H and O–H groups in total. The molecule has 0 saturated carbocycles. The number of urea groups is 1. The number of nitrogens with one attached hydrogen (secondary N) is 2. The van der Waals surface area contributed by atoms with Crippen LogP contribution in [0, 0.1) is 5.92 Å². The Bertz CT molecular complexity index is 1250. The third kappa shape index (κ3) is 7.57. The number of carbonyl (C=O) groups excluding carboxylic acids is 2. The number of ether oxygens (including phenoxy) is 3. The van der Waals surface area contributed by atoms with Crippen LogP contribution in [-0.4, -0.2) is 56.9 Å². The van der Waals surface area contributed by atoms with E-state index in [9.17, 15) is 14.7 Å². The fourth-order valence-electron chi connectivity index (χ4n) is 4.17. The lowest BCUT2D eigenvalue weighted by atomic mass is 9.91. The fraction of sp³-hybridized carbons (Fsp3) is 0.407. The van der Waals surface area contributed by atoms with Crippen LogP contribution in [0.5, 0.6) is 0 Å². The quantitative estimate of drug-likeness (QED) is 0.253. The molecule has 0 unspecified atom stereocenters. The summed E-state index contributed by atoms with van der Waals surface area (Å²) in [4.78, 5) is 23.8. The zero-order valence-electron chi connectivity index (χ0n) is 22.1. The van der Waals surface area contributed by atoms with Gasteiger partial charge in [-0.25, -0.2) is 4.79 Å². The second-order valence-corrected chi connectivity index (χ2v) is 10.1. The van der Waals surface area contributed by atoms with E-state index in [1.165, 1.54) is 0 Å². The van der Waals surface area contributed by atoms with Gasteiger partial charge in [-0.3, -0.25) is 4.79 Å². The van der Waals surface area contributed by atoms with Gasteiger partial charge in [-0.1, -0.05) is 55.1 Å². The second kappa shape index (κ2) is 13.6. The van der Waals surface area contributed by atoms with Crippen molar-refractivity contribution in [3.05, 3.63) is 71.5 Å². The van der Waals surface area contributed by atoms with Gasteiger partial charge in [0.05, 0.1) is 25.4 Å². The number of thioether (sulfide) groups is 1. The summed E-state index contributed by atoms with van der Waals surface area (Å²) in [6.07, 6.45) is 0.508. The number of esters is 1. The zero-order chi connectivity index (χ0) is 27.8. The number of aliphatic hydroxyl groups is 1. The van der Waals surface area contributed by atoms with E-state index in [1.807, 2.05) is 41.9 Å². The van der Waals surface area contributed by atoms with Crippen LogP contribution in [-0.2, 0) is 32.7 Å². The molecule has 0 bridgehead atoms. The molecule has 11 nitrogen and oxygen atoms in total. The molecule has 1 aliphatic rings. The van der Waals surface area contributed by atoms with E-state index in [-0.39, 0.29) is 37.9 Å². The third-order valence-corrected chi connectivity index (χ3v) is 7.41. The number of aromatic nitrogens is 3. The highest BCUT2D eigenvalue weighted by Gasteiger charge is 2.38. The standard InChI is InChI=1S/C27H33N5O6S/c1-4-36-23(34)13-28-26(35)30-21-7-5-6-20(12-21)25-37-22(15-39-27-31-29-16-32(27)3)17(2)24(38-25)19-10-8-18(14-33)9-11-19/h5-12,16-17,22,24-25,33H,4,13-15H2,1-3H3,(H2,28,30,35)/t17-,22+,24+,25+/m0/s1. The molecule has 4 atom stereocenters. The number of aliphatic hydroxyl groups excluding tert-OH is 1. The first-order valence-electron chi connectivity index (χ1n) is 12.7. The van der Waals surface area contributed by atoms with E-state index in [0.29, 0.717) is 11.4 Å². The number of rotatable bonds is 10. The molecular formula is C27H33N5O6S. The van der Waals surface area contributed by atoms with E-state index in [2.05, 4.69) is 27.8 Å². The van der Waals surface area contributed by atoms with Gasteiger partial charge in [0.15, 0.2) is 11.4 Å². The topological polar surface area (TPSA) is 137 Å². The molecule has 1 fully saturated rings. The lowest BCUT2D eigenvalue weighted by Crippen LogP contribution is -2.38. The third-order valence-electron chi connectivity index (χ3n) is 6.29. The Morgan fingerprint density at radius 2 is 1.95 bits per heavy atom. The van der Waals surface area contributed by atoms with Gasteiger partial charge in [-0.2, -0.15) is 0 Å². The van der Waals surface area contributed by atoms with Crippen molar-refractivity contribution in [3.63, 3.8) is 0 Å². The second-order valence-electron chi connectivity index (χ2n) is 9.10. The van der Waals surface area contributed by atoms with Gasteiger partial charge < -0.3 is 34.5 Å². The van der Waals surface area contributed by atoms with Crippen molar-refractivity contribution in [2.75, 3.05) is 24.2 Å². The Morgan fingerprint density at radius 3 is 2.64 bits per heavy atom. The molecule has 1 saturated heterocycles. The maximum atomic E-state index is 12.3. The average molecular weight is 556 g/mol. The lowest BCUT2D eigenvalue weighted by Gasteiger charge is -2.41. The summed E-state index contributed by atoms with van der Waals surface area (Å²) in [5, 5.41) is 23.6. The van der Waals surface area contributed by atoms with Crippen LogP contribution >= 0.6 is 11.8 Å². The number of carbonyl (C=O) groups is 2. The first-order valence-corrected chi connectivity index (χ1v) is 13.6. The highest BCUT2D eigenvalue weighted by Crippen LogP contribution is 2.43. The summed E-state index contributed by atoms with van der Waals surface area (Å²) in [7, 11) is 1.90. The molecule has 39 heavy (non-hydrogen) atoms. The summed E-state index contributed by atoms with van der Waals surface area (Å²) in [5.74, 6) is 0.132. The Morgan fingerprint density at radius 1 is 1.15 bits per heavy atom. The highest BCUT2D eigenvalue weighted by molar-refractivity contribution is 7.99. The molecule has 1 aromatic heterocycles. The van der Waals surface area contributed by atoms with Crippen LogP contribution in [0.15, 0.2) is 60.0 Å². The van der Waals surface area contributed by atoms with Gasteiger partial charge in [-0.05, 0) is 30.2 Å². The van der Waals surface area contributed by atoms with E-state index >= 15 is 0 Å². The maximum absolute atomic E-state index is 12.3. The number of anilines is 1. The van der Waals surface area contributed by atoms with Crippen molar-refractivity contribution in [2.45, 2.75) is 44.1 Å². The zero-order valence-corrected chi connectivity index (χ0v) is 22.9. The Balaban J connectivity index is 1.51. The van der Waals surface area contributed by atoms with Crippen molar-refractivity contribution in [2.24, 2.45) is 13.0 Å². The minimum absolute atomic E-state index is 0.0110. The Kier molecular flexibility index (Phi) is 9.93. The molecule has 0 spiro atoms. The van der Waals surface area contributed by atoms with Gasteiger partial charge in [0, 0.05) is 30.0 Å². The van der Waals surface area contributed by atoms with Crippen LogP contribution < -0.4 is 10.6 Å². The van der Waals surface area contributed by atoms with Crippen LogP contribution in [0.25, 0.3) is 0 Å². The van der Waals surface area contributed by atoms with Crippen molar-refractivity contribution >= 4 is 29.4 Å². The Labute approximate surface area is 231 Å². The van der Waals surface area contributed by atoms with Crippen molar-refractivity contribution in [1.82, 2.24) is 20.1 Å². The first kappa shape index (κ1) is 28.6. The van der Waals surface area contributed by atoms with Crippen molar-refractivity contribution in [1.29, 1.82) is 0 Å². The largest absolute Gasteiger partial charge is 0.465 e. The van der Waals surface area contributed by atoms with Crippen LogP contribution in [0.2, 0.25) is 0 Å². The Hall–Kier alpha value is -3.45. The van der Waals surface area contributed by atoms with Gasteiger partial charge in [0.1, 0.15) is 12.9 Å². The van der Waals surface area contributed by atoms with E-state index < -0.39 is 18.3 Å². The molecule has 0 aliphatic carbocycles. The number of hydrogen-bond acceptors (Lipinski definition) is 9. The normalized spacial score (nSPS) is 20.8. The fourth-order valence-corrected chi connectivity index (χ4v) is 5.22. The number of nitrogens with zero attached hydrogens (tertiary/aromatic N) is 3. The highest BCUT2D eigenvalue weighted by atomic mass is 32.2. The molecule has 0 radical (unpaired) electrons. The molecule has 2 aromatic carbocycles. The molecule has 12 heteroatoms. The molecule has 4 rings (SSSR count). The lowest BCUT2D eigenvalue weighted by molar-refractivity contribution is -0.268. The van der Waals surface area contributed by atoms with E-state index in [0.717, 1.165) is 21.8 Å². The van der Waals surface area contributed by atoms with Gasteiger partial charge >= 0.3 is 12.0 Å². The summed E-state index contributed by atoms with van der Waals surface area (Å²) < 4.78 is 19.6. The monoisotopic (exact) mass is 555 g/mol. The molecule has 1 aliphatic heterocycles. The summed E-state index contributed by atoms with van der Waals surface area (Å²) in [6, 6.07) is 14.4. The molecule has 2 heterocycles. The minimum Gasteiger partial charge on any atom is -0.465 e. The predicted octanol–water partition coefficient (Wildman–Crippen LogP) is 3.58. The average Bonchev–Trinajstić information content (AvgIpc) is 3.36. The van der Waals surface area contributed by atoms with Gasteiger partial charge in [0.25, 0.3) is 0 Å².